The summed E-state index contributed by atoms with van der Waals surface area (Å²) in [6.45, 7) is 2.84. The molecule has 2 atom stereocenters. The van der Waals surface area contributed by atoms with E-state index in [0.717, 1.165) is 32.7 Å². The molecular weight excluding hydrogens is 588 g/mol. The van der Waals surface area contributed by atoms with Gasteiger partial charge in [0.15, 0.2) is 0 Å². The molecule has 0 saturated carbocycles. The average molecular weight is 627 g/mol. The smallest absolute Gasteiger partial charge is 0.418 e. The first-order chi connectivity index (χ1) is 22.0. The summed E-state index contributed by atoms with van der Waals surface area (Å²) < 4.78 is 17.8. The highest BCUT2D eigenvalue weighted by Gasteiger charge is 2.42. The highest BCUT2D eigenvalue weighted by molar-refractivity contribution is 7.99. The lowest BCUT2D eigenvalue weighted by Gasteiger charge is -2.34. The highest BCUT2D eigenvalue weighted by Crippen LogP contribution is 2.46. The van der Waals surface area contributed by atoms with E-state index in [-0.39, 0.29) is 18.5 Å². The third-order valence-corrected chi connectivity index (χ3v) is 9.28. The molecule has 5 rings (SSSR count). The van der Waals surface area contributed by atoms with Crippen molar-refractivity contribution in [1.82, 2.24) is 9.47 Å². The monoisotopic (exact) mass is 626 g/mol. The summed E-state index contributed by atoms with van der Waals surface area (Å²) in [5.74, 6) is -0.630. The molecule has 0 bridgehead atoms. The molecule has 45 heavy (non-hydrogen) atoms. The van der Waals surface area contributed by atoms with Gasteiger partial charge in [-0.2, -0.15) is 0 Å². The highest BCUT2D eigenvalue weighted by atomic mass is 32.2. The maximum atomic E-state index is 13.6. The number of hydrogen-bond donors (Lipinski definition) is 0. The van der Waals surface area contributed by atoms with Crippen molar-refractivity contribution >= 4 is 40.8 Å². The van der Waals surface area contributed by atoms with Crippen molar-refractivity contribution in [3.05, 3.63) is 113 Å². The Bertz CT molecular complexity index is 1670. The lowest BCUT2D eigenvalue weighted by molar-refractivity contribution is -0.143. The van der Waals surface area contributed by atoms with Gasteiger partial charge < -0.3 is 19.1 Å². The number of hydrogen-bond acceptors (Lipinski definition) is 7. The van der Waals surface area contributed by atoms with E-state index in [1.807, 2.05) is 97.9 Å². The van der Waals surface area contributed by atoms with Gasteiger partial charge in [0.2, 0.25) is 0 Å². The Morgan fingerprint density at radius 1 is 0.933 bits per heavy atom. The maximum absolute atomic E-state index is 13.6. The molecule has 1 aliphatic rings. The number of rotatable bonds is 10. The number of esters is 1. The van der Waals surface area contributed by atoms with Gasteiger partial charge in [0.1, 0.15) is 6.61 Å². The minimum atomic E-state index is -0.665. The van der Waals surface area contributed by atoms with E-state index in [4.69, 9.17) is 14.2 Å². The number of methoxy groups -OCH3 is 2. The fraction of sp³-hybridized carbons (Fsp3) is 0.306. The number of benzene rings is 3. The Hall–Kier alpha value is -4.50. The number of nitrogens with zero attached hydrogens (tertiary/aromatic N) is 2. The third kappa shape index (κ3) is 7.09. The molecular formula is C36H38N2O6S. The van der Waals surface area contributed by atoms with Crippen LogP contribution in [0.5, 0.6) is 0 Å². The zero-order valence-corrected chi connectivity index (χ0v) is 26.6. The normalized spacial score (nSPS) is 16.1. The summed E-state index contributed by atoms with van der Waals surface area (Å²) in [7, 11) is 2.74. The molecule has 0 aliphatic heterocycles. The molecule has 0 saturated heterocycles. The van der Waals surface area contributed by atoms with Gasteiger partial charge in [0.25, 0.3) is 0 Å². The first-order valence-corrected chi connectivity index (χ1v) is 16.0. The summed E-state index contributed by atoms with van der Waals surface area (Å²) in [6.07, 6.45) is 2.22. The molecule has 1 amide bonds. The number of aromatic nitrogens is 1. The van der Waals surface area contributed by atoms with Crippen molar-refractivity contribution in [3.8, 4) is 0 Å². The molecule has 0 unspecified atom stereocenters. The van der Waals surface area contributed by atoms with E-state index in [2.05, 4.69) is 0 Å². The van der Waals surface area contributed by atoms with Gasteiger partial charge in [0, 0.05) is 34.8 Å². The average Bonchev–Trinajstić information content (AvgIpc) is 3.43. The second-order valence-electron chi connectivity index (χ2n) is 10.8. The van der Waals surface area contributed by atoms with Gasteiger partial charge in [-0.25, -0.2) is 14.2 Å². The van der Waals surface area contributed by atoms with Gasteiger partial charge in [-0.3, -0.25) is 4.79 Å². The Balaban J connectivity index is 1.44. The topological polar surface area (TPSA) is 87.1 Å². The molecule has 4 aromatic rings. The molecule has 9 heteroatoms. The van der Waals surface area contributed by atoms with E-state index in [9.17, 15) is 14.4 Å². The Morgan fingerprint density at radius 2 is 1.62 bits per heavy atom. The van der Waals surface area contributed by atoms with Gasteiger partial charge >= 0.3 is 18.2 Å². The molecule has 1 heterocycles. The molecule has 0 fully saturated rings. The summed E-state index contributed by atoms with van der Waals surface area (Å²) >= 11 is 1.67. The third-order valence-electron chi connectivity index (χ3n) is 8.29. The van der Waals surface area contributed by atoms with E-state index < -0.39 is 18.1 Å². The van der Waals surface area contributed by atoms with Crippen LogP contribution in [-0.2, 0) is 32.0 Å². The summed E-state index contributed by atoms with van der Waals surface area (Å²) in [6, 6.07) is 27.2. The summed E-state index contributed by atoms with van der Waals surface area (Å²) in [5.41, 5.74) is 4.06. The fourth-order valence-electron chi connectivity index (χ4n) is 6.16. The van der Waals surface area contributed by atoms with Gasteiger partial charge in [-0.05, 0) is 55.0 Å². The number of fused-ring (bicyclic) bond motifs is 3. The fourth-order valence-corrected chi connectivity index (χ4v) is 7.06. The Kier molecular flexibility index (Phi) is 10.6. The first kappa shape index (κ1) is 31.9. The van der Waals surface area contributed by atoms with E-state index in [0.29, 0.717) is 37.2 Å². The predicted octanol–water partition coefficient (Wildman–Crippen LogP) is 7.45. The van der Waals surface area contributed by atoms with Gasteiger partial charge in [-0.15, -0.1) is 11.8 Å². The van der Waals surface area contributed by atoms with Crippen LogP contribution in [0.4, 0.5) is 9.59 Å². The van der Waals surface area contributed by atoms with Crippen molar-refractivity contribution in [2.45, 2.75) is 37.2 Å². The lowest BCUT2D eigenvalue weighted by atomic mass is 9.72. The number of ether oxygens (including phenoxy) is 3. The van der Waals surface area contributed by atoms with E-state index >= 15 is 0 Å². The number of allylic oxidation sites excluding steroid dienone is 1. The largest absolute Gasteiger partial charge is 0.469 e. The van der Waals surface area contributed by atoms with Crippen LogP contribution < -0.4 is 0 Å². The minimum Gasteiger partial charge on any atom is -0.469 e. The molecule has 1 aromatic heterocycles. The SMILES string of the molecule is C/C=C(/CN(CCSc1ccccc1)C(=O)OCc1ccccc1)[C@@H]1CCc2c(c3ccccc3n2C(=O)OC)[C@H]1C(=O)OC. The van der Waals surface area contributed by atoms with Gasteiger partial charge in [-0.1, -0.05) is 78.4 Å². The quantitative estimate of drug-likeness (QED) is 0.0782. The van der Waals surface area contributed by atoms with Crippen LogP contribution in [0.1, 0.15) is 36.1 Å². The molecule has 3 aromatic carbocycles. The van der Waals surface area contributed by atoms with Crippen LogP contribution in [-0.4, -0.2) is 60.7 Å². The van der Waals surface area contributed by atoms with Crippen LogP contribution in [0.3, 0.4) is 0 Å². The van der Waals surface area contributed by atoms with Crippen LogP contribution >= 0.6 is 11.8 Å². The van der Waals surface area contributed by atoms with Crippen LogP contribution in [0.25, 0.3) is 10.9 Å². The van der Waals surface area contributed by atoms with Crippen molar-refractivity contribution in [2.75, 3.05) is 33.1 Å². The Morgan fingerprint density at radius 3 is 2.31 bits per heavy atom. The Labute approximate surface area is 267 Å². The number of thioether (sulfide) groups is 1. The van der Waals surface area contributed by atoms with Crippen molar-refractivity contribution in [2.24, 2.45) is 5.92 Å². The second kappa shape index (κ2) is 15.0. The molecule has 1 aliphatic carbocycles. The van der Waals surface area contributed by atoms with Crippen LogP contribution in [0.2, 0.25) is 0 Å². The van der Waals surface area contributed by atoms with Crippen molar-refractivity contribution in [1.29, 1.82) is 0 Å². The zero-order chi connectivity index (χ0) is 31.8. The summed E-state index contributed by atoms with van der Waals surface area (Å²) in [5, 5.41) is 0.812. The van der Waals surface area contributed by atoms with Crippen LogP contribution in [0, 0.1) is 5.92 Å². The zero-order valence-electron chi connectivity index (χ0n) is 25.8. The molecule has 0 radical (unpaired) electrons. The van der Waals surface area contributed by atoms with Gasteiger partial charge in [0.05, 0.1) is 25.7 Å². The van der Waals surface area contributed by atoms with E-state index in [1.165, 1.54) is 14.2 Å². The number of carbonyl (C=O) groups excluding carboxylic acids is 3. The second-order valence-corrected chi connectivity index (χ2v) is 12.0. The first-order valence-electron chi connectivity index (χ1n) is 15.0. The molecule has 8 nitrogen and oxygen atoms in total. The number of carbonyl (C=O) groups is 3. The minimum absolute atomic E-state index is 0.164. The maximum Gasteiger partial charge on any atom is 0.418 e. The summed E-state index contributed by atoms with van der Waals surface area (Å²) in [4.78, 5) is 42.9. The van der Waals surface area contributed by atoms with Crippen molar-refractivity contribution < 1.29 is 28.6 Å². The van der Waals surface area contributed by atoms with Crippen LogP contribution in [0.15, 0.2) is 101 Å². The predicted molar refractivity (Wildman–Crippen MR) is 175 cm³/mol. The number of para-hydroxylation sites is 1. The lowest BCUT2D eigenvalue weighted by Crippen LogP contribution is -2.39. The number of amides is 1. The standard InChI is InChI=1S/C36H38N2O6S/c1-4-26(23-37(21-22-45-27-15-9-6-10-16-27)35(40)44-24-25-13-7-5-8-14-25)28-19-20-31-32(33(28)34(39)42-2)29-17-11-12-18-30(29)38(31)36(41)43-3/h4-18,28,33H,19-24H2,1-3H3/b26-4-/t28-,33-/m0/s1. The molecule has 234 valence electrons. The van der Waals surface area contributed by atoms with E-state index in [1.54, 1.807) is 21.2 Å². The molecule has 0 N–H and O–H groups in total. The molecule has 0 spiro atoms. The van der Waals surface area contributed by atoms with Crippen molar-refractivity contribution in [3.63, 3.8) is 0 Å².